The van der Waals surface area contributed by atoms with Gasteiger partial charge < -0.3 is 5.32 Å². The predicted octanol–water partition coefficient (Wildman–Crippen LogP) is 5.02. The number of carbonyl (C=O) groups excluding carboxylic acids is 1. The number of hydrogen-bond acceptors (Lipinski definition) is 4. The van der Waals surface area contributed by atoms with Gasteiger partial charge in [-0.05, 0) is 55.0 Å². The summed E-state index contributed by atoms with van der Waals surface area (Å²) in [6.07, 6.45) is 2.82. The molecule has 0 aliphatic heterocycles. The first-order valence-electron chi connectivity index (χ1n) is 9.98. The van der Waals surface area contributed by atoms with E-state index >= 15 is 0 Å². The van der Waals surface area contributed by atoms with Crippen LogP contribution in [0.1, 0.15) is 30.5 Å². The molecule has 5 nitrogen and oxygen atoms in total. The fraction of sp³-hybridized carbons (Fsp3) is 0.208. The van der Waals surface area contributed by atoms with E-state index in [0.29, 0.717) is 12.8 Å². The molecule has 1 atom stereocenters. The highest BCUT2D eigenvalue weighted by molar-refractivity contribution is 7.98. The number of aryl methyl sites for hydroxylation is 1. The first-order chi connectivity index (χ1) is 14.9. The van der Waals surface area contributed by atoms with Crippen LogP contribution in [0.4, 0.5) is 5.69 Å². The van der Waals surface area contributed by atoms with Crippen LogP contribution < -0.4 is 10.0 Å². The normalized spacial score (nSPS) is 12.3. The first-order valence-corrected chi connectivity index (χ1v) is 12.7. The summed E-state index contributed by atoms with van der Waals surface area (Å²) in [5.74, 6) is -0.0726. The molecule has 0 unspecified atom stereocenters. The minimum absolute atomic E-state index is 0.0726. The highest BCUT2D eigenvalue weighted by atomic mass is 32.2. The zero-order chi connectivity index (χ0) is 22.3. The molecule has 0 radical (unpaired) electrons. The molecule has 3 aromatic rings. The number of amides is 1. The second-order valence-corrected chi connectivity index (χ2v) is 9.71. The number of carbonyl (C=O) groups is 1. The zero-order valence-corrected chi connectivity index (χ0v) is 19.2. The van der Waals surface area contributed by atoms with Crippen molar-refractivity contribution in [2.75, 3.05) is 11.6 Å². The third kappa shape index (κ3) is 6.43. The van der Waals surface area contributed by atoms with Crippen molar-refractivity contribution < 1.29 is 13.2 Å². The number of rotatable bonds is 9. The summed E-state index contributed by atoms with van der Waals surface area (Å²) in [6, 6.07) is 23.4. The summed E-state index contributed by atoms with van der Waals surface area (Å²) in [6.45, 7) is 1.81. The van der Waals surface area contributed by atoms with Gasteiger partial charge in [-0.25, -0.2) is 13.1 Å². The van der Waals surface area contributed by atoms with Gasteiger partial charge in [-0.1, -0.05) is 54.6 Å². The molecule has 0 bridgehead atoms. The lowest BCUT2D eigenvalue weighted by molar-refractivity contribution is -0.116. The van der Waals surface area contributed by atoms with Crippen LogP contribution in [0.15, 0.2) is 88.7 Å². The van der Waals surface area contributed by atoms with Crippen LogP contribution in [-0.2, 0) is 21.2 Å². The van der Waals surface area contributed by atoms with Crippen molar-refractivity contribution in [2.24, 2.45) is 0 Å². The monoisotopic (exact) mass is 454 g/mol. The average molecular weight is 455 g/mol. The Kier molecular flexibility index (Phi) is 7.90. The summed E-state index contributed by atoms with van der Waals surface area (Å²) in [5.41, 5.74) is 2.61. The molecule has 0 aliphatic rings. The van der Waals surface area contributed by atoms with Gasteiger partial charge in [-0.3, -0.25) is 4.79 Å². The van der Waals surface area contributed by atoms with E-state index < -0.39 is 10.0 Å². The van der Waals surface area contributed by atoms with Crippen molar-refractivity contribution in [1.29, 1.82) is 0 Å². The Balaban J connectivity index is 1.57. The second-order valence-electron chi connectivity index (χ2n) is 7.15. The molecule has 162 valence electrons. The van der Waals surface area contributed by atoms with Crippen molar-refractivity contribution in [1.82, 2.24) is 4.72 Å². The Labute approximate surface area is 188 Å². The quantitative estimate of drug-likeness (QED) is 0.445. The van der Waals surface area contributed by atoms with Crippen molar-refractivity contribution in [3.05, 3.63) is 90.0 Å². The van der Waals surface area contributed by atoms with Gasteiger partial charge >= 0.3 is 0 Å². The Morgan fingerprint density at radius 3 is 2.26 bits per heavy atom. The summed E-state index contributed by atoms with van der Waals surface area (Å²) in [4.78, 5) is 13.5. The van der Waals surface area contributed by atoms with E-state index in [-0.39, 0.29) is 16.8 Å². The Morgan fingerprint density at radius 1 is 0.935 bits per heavy atom. The maximum Gasteiger partial charge on any atom is 0.241 e. The number of sulfonamides is 1. The fourth-order valence-electron chi connectivity index (χ4n) is 3.16. The van der Waals surface area contributed by atoms with Gasteiger partial charge in [0.1, 0.15) is 0 Å². The summed E-state index contributed by atoms with van der Waals surface area (Å²) in [5, 5.41) is 2.94. The molecular weight excluding hydrogens is 428 g/mol. The number of hydrogen-bond donors (Lipinski definition) is 2. The Hall–Kier alpha value is -2.61. The summed E-state index contributed by atoms with van der Waals surface area (Å²) < 4.78 is 28.1. The van der Waals surface area contributed by atoms with Gasteiger partial charge in [0, 0.05) is 17.4 Å². The van der Waals surface area contributed by atoms with Gasteiger partial charge in [0.25, 0.3) is 0 Å². The first kappa shape index (κ1) is 23.1. The predicted molar refractivity (Wildman–Crippen MR) is 127 cm³/mol. The van der Waals surface area contributed by atoms with Crippen molar-refractivity contribution >= 4 is 33.4 Å². The topological polar surface area (TPSA) is 75.3 Å². The lowest BCUT2D eigenvalue weighted by Crippen LogP contribution is -2.26. The van der Waals surface area contributed by atoms with Gasteiger partial charge in [-0.2, -0.15) is 0 Å². The molecular formula is C24H26N2O3S2. The Bertz CT molecular complexity index is 1120. The van der Waals surface area contributed by atoms with Crippen LogP contribution in [-0.4, -0.2) is 20.6 Å². The smallest absolute Gasteiger partial charge is 0.241 e. The molecule has 0 heterocycles. The van der Waals surface area contributed by atoms with E-state index in [1.54, 1.807) is 36.0 Å². The van der Waals surface area contributed by atoms with Gasteiger partial charge in [0.2, 0.25) is 15.9 Å². The maximum atomic E-state index is 12.7. The Morgan fingerprint density at radius 2 is 1.58 bits per heavy atom. The maximum absolute atomic E-state index is 12.7. The van der Waals surface area contributed by atoms with Crippen LogP contribution in [0.2, 0.25) is 0 Å². The van der Waals surface area contributed by atoms with E-state index in [1.165, 1.54) is 0 Å². The van der Waals surface area contributed by atoms with Crippen molar-refractivity contribution in [3.8, 4) is 0 Å². The zero-order valence-electron chi connectivity index (χ0n) is 17.5. The van der Waals surface area contributed by atoms with Gasteiger partial charge in [-0.15, -0.1) is 11.8 Å². The van der Waals surface area contributed by atoms with Crippen molar-refractivity contribution in [2.45, 2.75) is 35.6 Å². The van der Waals surface area contributed by atoms with E-state index in [2.05, 4.69) is 10.0 Å². The molecule has 0 saturated heterocycles. The minimum atomic E-state index is -3.64. The molecule has 0 aromatic heterocycles. The summed E-state index contributed by atoms with van der Waals surface area (Å²) >= 11 is 1.58. The molecule has 0 fully saturated rings. The van der Waals surface area contributed by atoms with Crippen molar-refractivity contribution in [3.63, 3.8) is 0 Å². The van der Waals surface area contributed by atoms with Crippen LogP contribution in [0.5, 0.6) is 0 Å². The molecule has 0 spiro atoms. The molecule has 0 saturated carbocycles. The molecule has 7 heteroatoms. The third-order valence-corrected chi connectivity index (χ3v) is 7.24. The second kappa shape index (κ2) is 10.6. The molecule has 31 heavy (non-hydrogen) atoms. The van der Waals surface area contributed by atoms with E-state index in [0.717, 1.165) is 21.7 Å². The number of anilines is 1. The molecule has 3 rings (SSSR count). The standard InChI is InChI=1S/C24H26N2O3S2/c1-18(20-8-4-3-5-9-20)26-31(28,29)21-15-12-19(13-16-21)14-17-24(27)25-22-10-6-7-11-23(22)30-2/h3-13,15-16,18,26H,14,17H2,1-2H3,(H,25,27)/t18-/m0/s1. The number of benzene rings is 3. The number of nitrogens with one attached hydrogen (secondary N) is 2. The third-order valence-electron chi connectivity index (χ3n) is 4.89. The number of thioether (sulfide) groups is 1. The molecule has 3 aromatic carbocycles. The minimum Gasteiger partial charge on any atom is -0.325 e. The van der Waals surface area contributed by atoms with Crippen LogP contribution in [0.25, 0.3) is 0 Å². The molecule has 2 N–H and O–H groups in total. The highest BCUT2D eigenvalue weighted by Crippen LogP contribution is 2.25. The van der Waals surface area contributed by atoms with Gasteiger partial charge in [0.05, 0.1) is 10.6 Å². The van der Waals surface area contributed by atoms with Crippen LogP contribution >= 0.6 is 11.8 Å². The van der Waals surface area contributed by atoms with Crippen LogP contribution in [0, 0.1) is 0 Å². The largest absolute Gasteiger partial charge is 0.325 e. The van der Waals surface area contributed by atoms with E-state index in [1.807, 2.05) is 67.8 Å². The lowest BCUT2D eigenvalue weighted by Gasteiger charge is -2.15. The van der Waals surface area contributed by atoms with Gasteiger partial charge in [0.15, 0.2) is 0 Å². The fourth-order valence-corrected chi connectivity index (χ4v) is 4.95. The van der Waals surface area contributed by atoms with E-state index in [9.17, 15) is 13.2 Å². The highest BCUT2D eigenvalue weighted by Gasteiger charge is 2.18. The van der Waals surface area contributed by atoms with Crippen LogP contribution in [0.3, 0.4) is 0 Å². The summed E-state index contributed by atoms with van der Waals surface area (Å²) in [7, 11) is -3.64. The molecule has 0 aliphatic carbocycles. The average Bonchev–Trinajstić information content (AvgIpc) is 2.78. The van der Waals surface area contributed by atoms with E-state index in [4.69, 9.17) is 0 Å². The number of para-hydroxylation sites is 1. The SMILES string of the molecule is CSc1ccccc1NC(=O)CCc1ccc(S(=O)(=O)N[C@@H](C)c2ccccc2)cc1. The molecule has 1 amide bonds. The lowest BCUT2D eigenvalue weighted by atomic mass is 10.1.